The Morgan fingerprint density at radius 2 is 1.58 bits per heavy atom. The zero-order chi connectivity index (χ0) is 18.0. The number of halogens is 4. The van der Waals surface area contributed by atoms with Crippen molar-refractivity contribution in [2.45, 2.75) is 5.51 Å². The molecule has 3 rings (SSSR count). The third-order valence-corrected chi connectivity index (χ3v) is 4.26. The van der Waals surface area contributed by atoms with Gasteiger partial charge in [0.25, 0.3) is 0 Å². The van der Waals surface area contributed by atoms with Crippen molar-refractivity contribution in [1.82, 2.24) is 4.98 Å². The molecular weight excluding hydrogens is 411 g/mol. The molecule has 0 aliphatic heterocycles. The van der Waals surface area contributed by atoms with E-state index in [1.807, 2.05) is 12.1 Å². The minimum atomic E-state index is -5.84. The number of alkyl halides is 3. The van der Waals surface area contributed by atoms with Crippen LogP contribution in [0.4, 0.5) is 13.2 Å². The molecule has 0 saturated heterocycles. The Hall–Kier alpha value is -1.84. The van der Waals surface area contributed by atoms with Crippen molar-refractivity contribution in [2.75, 3.05) is 0 Å². The Morgan fingerprint density at radius 3 is 2.08 bits per heavy atom. The minimum Gasteiger partial charge on any atom is -0.354 e. The van der Waals surface area contributed by atoms with Gasteiger partial charge in [0.15, 0.2) is 0 Å². The molecule has 0 aliphatic rings. The second-order valence-corrected chi connectivity index (χ2v) is 6.94. The van der Waals surface area contributed by atoms with Crippen LogP contribution in [0.2, 0.25) is 0 Å². The number of aromatic nitrogens is 1. The van der Waals surface area contributed by atoms with Gasteiger partial charge in [-0.3, -0.25) is 4.55 Å². The first-order chi connectivity index (χ1) is 11.1. The standard InChI is InChI=1S/C14H10BrN.CHF3O3S/c15-12-7-4-8-13-11(12)9-14(16-13)10-5-2-1-3-6-10;2-1(3,4)8(5,6)7/h1-9,16H;(H,5,6,7). The van der Waals surface area contributed by atoms with E-state index >= 15 is 0 Å². The quantitative estimate of drug-likeness (QED) is 0.429. The number of hydrogen-bond acceptors (Lipinski definition) is 2. The maximum Gasteiger partial charge on any atom is 0.522 e. The van der Waals surface area contributed by atoms with E-state index < -0.39 is 15.6 Å². The molecule has 0 unspecified atom stereocenters. The molecule has 2 N–H and O–H groups in total. The molecule has 0 aliphatic carbocycles. The Morgan fingerprint density at radius 1 is 1.00 bits per heavy atom. The average Bonchev–Trinajstić information content (AvgIpc) is 2.92. The van der Waals surface area contributed by atoms with Crippen LogP contribution in [0.1, 0.15) is 0 Å². The molecule has 0 atom stereocenters. The molecule has 0 radical (unpaired) electrons. The van der Waals surface area contributed by atoms with Gasteiger partial charge in [-0.25, -0.2) is 0 Å². The van der Waals surface area contributed by atoms with Crippen molar-refractivity contribution in [3.8, 4) is 11.3 Å². The van der Waals surface area contributed by atoms with E-state index in [1.54, 1.807) is 0 Å². The zero-order valence-electron chi connectivity index (χ0n) is 11.9. The monoisotopic (exact) mass is 421 g/mol. The van der Waals surface area contributed by atoms with Crippen LogP contribution in [0.25, 0.3) is 22.2 Å². The van der Waals surface area contributed by atoms with Crippen molar-refractivity contribution in [3.05, 3.63) is 59.1 Å². The predicted molar refractivity (Wildman–Crippen MR) is 89.0 cm³/mol. The number of nitrogens with one attached hydrogen (secondary N) is 1. The molecule has 2 aromatic carbocycles. The molecule has 9 heteroatoms. The van der Waals surface area contributed by atoms with Gasteiger partial charge in [-0.1, -0.05) is 52.3 Å². The molecule has 4 nitrogen and oxygen atoms in total. The zero-order valence-corrected chi connectivity index (χ0v) is 14.3. The maximum atomic E-state index is 10.7. The molecule has 3 aromatic rings. The second-order valence-electron chi connectivity index (χ2n) is 4.67. The van der Waals surface area contributed by atoms with E-state index in [0.29, 0.717) is 0 Å². The van der Waals surface area contributed by atoms with Crippen molar-refractivity contribution < 1.29 is 26.1 Å². The minimum absolute atomic E-state index is 1.13. The number of aromatic amines is 1. The van der Waals surface area contributed by atoms with Crippen LogP contribution in [-0.2, 0) is 10.1 Å². The highest BCUT2D eigenvalue weighted by Gasteiger charge is 2.44. The molecular formula is C15H11BrF3NO3S. The van der Waals surface area contributed by atoms with E-state index in [4.69, 9.17) is 13.0 Å². The van der Waals surface area contributed by atoms with Crippen LogP contribution >= 0.6 is 15.9 Å². The van der Waals surface area contributed by atoms with Gasteiger partial charge in [0.2, 0.25) is 0 Å². The summed E-state index contributed by atoms with van der Waals surface area (Å²) in [4.78, 5) is 3.42. The van der Waals surface area contributed by atoms with Gasteiger partial charge in [0.1, 0.15) is 0 Å². The normalized spacial score (nSPS) is 11.9. The van der Waals surface area contributed by atoms with E-state index in [1.165, 1.54) is 10.9 Å². The Bertz CT molecular complexity index is 938. The average molecular weight is 422 g/mol. The third kappa shape index (κ3) is 4.37. The predicted octanol–water partition coefficient (Wildman–Crippen LogP) is 4.99. The van der Waals surface area contributed by atoms with Crippen LogP contribution in [0, 0.1) is 0 Å². The van der Waals surface area contributed by atoms with Gasteiger partial charge >= 0.3 is 15.6 Å². The summed E-state index contributed by atoms with van der Waals surface area (Å²) in [5, 5.41) is 1.22. The molecule has 128 valence electrons. The van der Waals surface area contributed by atoms with E-state index in [2.05, 4.69) is 63.4 Å². The van der Waals surface area contributed by atoms with Crippen molar-refractivity contribution >= 4 is 37.0 Å². The highest BCUT2D eigenvalue weighted by atomic mass is 79.9. The largest absolute Gasteiger partial charge is 0.522 e. The molecule has 0 saturated carbocycles. The molecule has 0 bridgehead atoms. The number of benzene rings is 2. The molecule has 0 amide bonds. The maximum absolute atomic E-state index is 10.7. The van der Waals surface area contributed by atoms with Crippen LogP contribution in [0.15, 0.2) is 59.1 Å². The highest BCUT2D eigenvalue weighted by molar-refractivity contribution is 9.10. The topological polar surface area (TPSA) is 70.2 Å². The summed E-state index contributed by atoms with van der Waals surface area (Å²) in [6.45, 7) is 0. The molecule has 0 fully saturated rings. The van der Waals surface area contributed by atoms with Crippen LogP contribution in [0.5, 0.6) is 0 Å². The third-order valence-electron chi connectivity index (χ3n) is 2.99. The SMILES string of the molecule is Brc1cccc2[nH]c(-c3ccccc3)cc12.O=S(=O)(O)C(F)(F)F. The van der Waals surface area contributed by atoms with Crippen molar-refractivity contribution in [3.63, 3.8) is 0 Å². The number of hydrogen-bond donors (Lipinski definition) is 2. The summed E-state index contributed by atoms with van der Waals surface area (Å²) >= 11 is 3.56. The lowest BCUT2D eigenvalue weighted by molar-refractivity contribution is -0.0510. The lowest BCUT2D eigenvalue weighted by Crippen LogP contribution is -2.21. The first-order valence-electron chi connectivity index (χ1n) is 6.46. The Labute approximate surface area is 144 Å². The van der Waals surface area contributed by atoms with Crippen LogP contribution in [-0.4, -0.2) is 23.5 Å². The summed E-state index contributed by atoms with van der Waals surface area (Å²) in [5.74, 6) is 0. The van der Waals surface area contributed by atoms with Gasteiger partial charge < -0.3 is 4.98 Å². The number of rotatable bonds is 1. The Kier molecular flexibility index (Phi) is 5.36. The van der Waals surface area contributed by atoms with Crippen LogP contribution < -0.4 is 0 Å². The summed E-state index contributed by atoms with van der Waals surface area (Å²) in [6, 6.07) is 18.7. The Balaban J connectivity index is 0.000000224. The van der Waals surface area contributed by atoms with E-state index in [9.17, 15) is 13.2 Å². The molecule has 1 heterocycles. The van der Waals surface area contributed by atoms with E-state index in [0.717, 1.165) is 15.7 Å². The van der Waals surface area contributed by atoms with Crippen molar-refractivity contribution in [2.24, 2.45) is 0 Å². The molecule has 0 spiro atoms. The lowest BCUT2D eigenvalue weighted by atomic mass is 10.1. The fourth-order valence-corrected chi connectivity index (χ4v) is 2.37. The van der Waals surface area contributed by atoms with Crippen molar-refractivity contribution in [1.29, 1.82) is 0 Å². The summed E-state index contributed by atoms with van der Waals surface area (Å²) in [6.07, 6.45) is 0. The second kappa shape index (κ2) is 6.96. The fraction of sp³-hybridized carbons (Fsp3) is 0.0667. The number of H-pyrrole nitrogens is 1. The summed E-state index contributed by atoms with van der Waals surface area (Å²) in [7, 11) is -5.84. The van der Waals surface area contributed by atoms with E-state index in [-0.39, 0.29) is 0 Å². The first kappa shape index (κ1) is 18.5. The first-order valence-corrected chi connectivity index (χ1v) is 8.69. The van der Waals surface area contributed by atoms with Gasteiger partial charge in [0.05, 0.1) is 0 Å². The highest BCUT2D eigenvalue weighted by Crippen LogP contribution is 2.28. The summed E-state index contributed by atoms with van der Waals surface area (Å²) < 4.78 is 58.7. The molecule has 24 heavy (non-hydrogen) atoms. The van der Waals surface area contributed by atoms with Gasteiger partial charge in [-0.2, -0.15) is 21.6 Å². The molecule has 1 aromatic heterocycles. The smallest absolute Gasteiger partial charge is 0.354 e. The summed E-state index contributed by atoms with van der Waals surface area (Å²) in [5.41, 5.74) is -2.01. The van der Waals surface area contributed by atoms with Crippen LogP contribution in [0.3, 0.4) is 0 Å². The lowest BCUT2D eigenvalue weighted by Gasteiger charge is -1.97. The fourth-order valence-electron chi connectivity index (χ4n) is 1.89. The number of fused-ring (bicyclic) bond motifs is 1. The van der Waals surface area contributed by atoms with Gasteiger partial charge in [0, 0.05) is 21.1 Å². The van der Waals surface area contributed by atoms with Gasteiger partial charge in [-0.15, -0.1) is 0 Å². The van der Waals surface area contributed by atoms with Gasteiger partial charge in [-0.05, 0) is 23.8 Å².